The minimum Gasteiger partial charge on any atom is -0.310 e. The van der Waals surface area contributed by atoms with Crippen LogP contribution in [-0.4, -0.2) is 4.57 Å². The maximum Gasteiger partial charge on any atom is 0.264 e. The van der Waals surface area contributed by atoms with Crippen LogP contribution in [0.15, 0.2) is 41.3 Å². The molecule has 0 spiro atoms. The monoisotopic (exact) mass is 363 g/mol. The van der Waals surface area contributed by atoms with Gasteiger partial charge in [-0.2, -0.15) is 0 Å². The number of rotatable bonds is 2. The number of nitrogens with zero attached hydrogens (tertiary/aromatic N) is 1. The van der Waals surface area contributed by atoms with Gasteiger partial charge in [0.1, 0.15) is 5.82 Å². The number of halogens is 3. The molecule has 0 N–H and O–H groups in total. The van der Waals surface area contributed by atoms with Gasteiger partial charge in [-0.15, -0.1) is 0 Å². The highest BCUT2D eigenvalue weighted by Crippen LogP contribution is 2.17. The fourth-order valence-electron chi connectivity index (χ4n) is 1.47. The van der Waals surface area contributed by atoms with Crippen molar-refractivity contribution in [3.05, 3.63) is 66.9 Å². The first kappa shape index (κ1) is 12.6. The van der Waals surface area contributed by atoms with Crippen molar-refractivity contribution in [2.45, 2.75) is 6.54 Å². The van der Waals surface area contributed by atoms with Crippen molar-refractivity contribution in [2.75, 3.05) is 0 Å². The maximum absolute atomic E-state index is 12.9. The van der Waals surface area contributed by atoms with Crippen molar-refractivity contribution < 1.29 is 4.39 Å². The van der Waals surface area contributed by atoms with Gasteiger partial charge in [0.15, 0.2) is 0 Å². The summed E-state index contributed by atoms with van der Waals surface area (Å²) in [5.74, 6) is -0.381. The summed E-state index contributed by atoms with van der Waals surface area (Å²) in [5, 5.41) is 0.329. The van der Waals surface area contributed by atoms with Crippen LogP contribution in [0.5, 0.6) is 0 Å². The summed E-state index contributed by atoms with van der Waals surface area (Å²) in [6.45, 7) is 0.342. The van der Waals surface area contributed by atoms with Gasteiger partial charge in [-0.1, -0.05) is 17.7 Å². The lowest BCUT2D eigenvalue weighted by atomic mass is 10.2. The van der Waals surface area contributed by atoms with Crippen LogP contribution in [0.4, 0.5) is 4.39 Å². The number of hydrogen-bond acceptors (Lipinski definition) is 1. The lowest BCUT2D eigenvalue weighted by Crippen LogP contribution is -2.22. The first-order valence-electron chi connectivity index (χ1n) is 4.87. The summed E-state index contributed by atoms with van der Waals surface area (Å²) in [4.78, 5) is 11.8. The molecule has 0 aliphatic heterocycles. The molecule has 0 aliphatic rings. The SMILES string of the molecule is O=c1c(I)cccn1Cc1ccc(F)cc1Cl. The van der Waals surface area contributed by atoms with E-state index in [1.165, 1.54) is 12.1 Å². The van der Waals surface area contributed by atoms with Crippen LogP contribution in [-0.2, 0) is 6.54 Å². The van der Waals surface area contributed by atoms with Gasteiger partial charge in [0.25, 0.3) is 5.56 Å². The molecule has 5 heteroatoms. The largest absolute Gasteiger partial charge is 0.310 e. The van der Waals surface area contributed by atoms with Crippen LogP contribution in [0.3, 0.4) is 0 Å². The van der Waals surface area contributed by atoms with E-state index in [9.17, 15) is 9.18 Å². The van der Waals surface area contributed by atoms with Crippen LogP contribution in [0.1, 0.15) is 5.56 Å². The smallest absolute Gasteiger partial charge is 0.264 e. The second-order valence-corrected chi connectivity index (χ2v) is 5.09. The lowest BCUT2D eigenvalue weighted by molar-refractivity contribution is 0.626. The molecule has 0 saturated carbocycles. The molecule has 2 nitrogen and oxygen atoms in total. The summed E-state index contributed by atoms with van der Waals surface area (Å²) in [6, 6.07) is 7.70. The standard InChI is InChI=1S/C12H8ClFINO/c13-10-6-9(14)4-3-8(10)7-16-5-1-2-11(15)12(16)17/h1-6H,7H2. The third kappa shape index (κ3) is 2.87. The highest BCUT2D eigenvalue weighted by atomic mass is 127. The quantitative estimate of drug-likeness (QED) is 0.751. The Balaban J connectivity index is 2.38. The van der Waals surface area contributed by atoms with E-state index in [-0.39, 0.29) is 11.4 Å². The van der Waals surface area contributed by atoms with Crippen LogP contribution in [0.2, 0.25) is 5.02 Å². The molecule has 1 aromatic heterocycles. The number of hydrogen-bond donors (Lipinski definition) is 0. The van der Waals surface area contributed by atoms with Gasteiger partial charge in [0.2, 0.25) is 0 Å². The zero-order valence-corrected chi connectivity index (χ0v) is 11.6. The first-order valence-corrected chi connectivity index (χ1v) is 6.32. The Labute approximate surface area is 116 Å². The second kappa shape index (κ2) is 5.18. The van der Waals surface area contributed by atoms with Gasteiger partial charge >= 0.3 is 0 Å². The molecule has 0 aliphatic carbocycles. The number of aromatic nitrogens is 1. The van der Waals surface area contributed by atoms with Gasteiger partial charge in [-0.3, -0.25) is 4.79 Å². The van der Waals surface area contributed by atoms with E-state index in [1.807, 2.05) is 22.6 Å². The number of pyridine rings is 1. The zero-order chi connectivity index (χ0) is 12.4. The number of benzene rings is 1. The van der Waals surface area contributed by atoms with Crippen molar-refractivity contribution in [2.24, 2.45) is 0 Å². The Morgan fingerprint density at radius 1 is 1.35 bits per heavy atom. The Bertz CT molecular complexity index is 612. The molecule has 0 amide bonds. The molecule has 0 radical (unpaired) electrons. The average Bonchev–Trinajstić information content (AvgIpc) is 2.28. The van der Waals surface area contributed by atoms with E-state index in [0.717, 1.165) is 5.56 Å². The van der Waals surface area contributed by atoms with Gasteiger partial charge < -0.3 is 4.57 Å². The minimum absolute atomic E-state index is 0.0755. The molecule has 0 atom stereocenters. The molecule has 88 valence electrons. The molecule has 17 heavy (non-hydrogen) atoms. The predicted molar refractivity (Wildman–Crippen MR) is 73.9 cm³/mol. The Morgan fingerprint density at radius 3 is 2.82 bits per heavy atom. The Morgan fingerprint density at radius 2 is 2.12 bits per heavy atom. The lowest BCUT2D eigenvalue weighted by Gasteiger charge is -2.07. The highest BCUT2D eigenvalue weighted by Gasteiger charge is 2.05. The average molecular weight is 364 g/mol. The molecule has 1 aromatic carbocycles. The fourth-order valence-corrected chi connectivity index (χ4v) is 2.21. The van der Waals surface area contributed by atoms with E-state index < -0.39 is 0 Å². The van der Waals surface area contributed by atoms with E-state index in [4.69, 9.17) is 11.6 Å². The summed E-state index contributed by atoms with van der Waals surface area (Å²) < 4.78 is 15.1. The van der Waals surface area contributed by atoms with Crippen LogP contribution in [0.25, 0.3) is 0 Å². The van der Waals surface area contributed by atoms with Gasteiger partial charge in [-0.25, -0.2) is 4.39 Å². The van der Waals surface area contributed by atoms with Crippen LogP contribution >= 0.6 is 34.2 Å². The zero-order valence-electron chi connectivity index (χ0n) is 8.66. The third-order valence-electron chi connectivity index (χ3n) is 2.33. The van der Waals surface area contributed by atoms with Crippen molar-refractivity contribution in [3.8, 4) is 0 Å². The molecule has 0 bridgehead atoms. The first-order chi connectivity index (χ1) is 8.08. The van der Waals surface area contributed by atoms with Crippen molar-refractivity contribution >= 4 is 34.2 Å². The van der Waals surface area contributed by atoms with Crippen molar-refractivity contribution in [3.63, 3.8) is 0 Å². The maximum atomic E-state index is 12.9. The molecule has 0 unspecified atom stereocenters. The topological polar surface area (TPSA) is 22.0 Å². The molecular weight excluding hydrogens is 355 g/mol. The minimum atomic E-state index is -0.381. The molecule has 0 fully saturated rings. The van der Waals surface area contributed by atoms with Gasteiger partial charge in [-0.05, 0) is 52.4 Å². The van der Waals surface area contributed by atoms with Crippen LogP contribution < -0.4 is 5.56 Å². The Hall–Kier alpha value is -0.880. The molecule has 0 saturated heterocycles. The van der Waals surface area contributed by atoms with E-state index in [0.29, 0.717) is 15.1 Å². The van der Waals surface area contributed by atoms with E-state index in [1.54, 1.807) is 29.0 Å². The molecular formula is C12H8ClFINO. The van der Waals surface area contributed by atoms with E-state index in [2.05, 4.69) is 0 Å². The van der Waals surface area contributed by atoms with Crippen molar-refractivity contribution in [1.29, 1.82) is 0 Å². The second-order valence-electron chi connectivity index (χ2n) is 3.52. The molecule has 2 aromatic rings. The van der Waals surface area contributed by atoms with Crippen LogP contribution in [0, 0.1) is 9.39 Å². The summed E-state index contributed by atoms with van der Waals surface area (Å²) in [6.07, 6.45) is 1.68. The van der Waals surface area contributed by atoms with Gasteiger partial charge in [0.05, 0.1) is 10.1 Å². The highest BCUT2D eigenvalue weighted by molar-refractivity contribution is 14.1. The summed E-state index contributed by atoms with van der Waals surface area (Å²) in [5.41, 5.74) is 0.644. The fraction of sp³-hybridized carbons (Fsp3) is 0.0833. The molecule has 2 rings (SSSR count). The normalized spacial score (nSPS) is 10.5. The molecule has 1 heterocycles. The van der Waals surface area contributed by atoms with Gasteiger partial charge in [0, 0.05) is 11.2 Å². The predicted octanol–water partition coefficient (Wildman–Crippen LogP) is 3.29. The van der Waals surface area contributed by atoms with E-state index >= 15 is 0 Å². The Kier molecular flexibility index (Phi) is 3.83. The summed E-state index contributed by atoms with van der Waals surface area (Å²) >= 11 is 7.89. The summed E-state index contributed by atoms with van der Waals surface area (Å²) in [7, 11) is 0. The third-order valence-corrected chi connectivity index (χ3v) is 3.50. The van der Waals surface area contributed by atoms with Crippen molar-refractivity contribution in [1.82, 2.24) is 4.57 Å².